The third-order valence-electron chi connectivity index (χ3n) is 1.41. The SMILES string of the molecule is CCCCCN[C@@H](C)[C]=O. The highest BCUT2D eigenvalue weighted by atomic mass is 16.1. The van der Waals surface area contributed by atoms with Gasteiger partial charge in [0.05, 0.1) is 6.04 Å². The van der Waals surface area contributed by atoms with Crippen molar-refractivity contribution in [1.82, 2.24) is 5.32 Å². The van der Waals surface area contributed by atoms with Gasteiger partial charge < -0.3 is 5.32 Å². The van der Waals surface area contributed by atoms with Gasteiger partial charge in [0.25, 0.3) is 0 Å². The first-order valence-electron chi connectivity index (χ1n) is 3.92. The minimum atomic E-state index is -0.100. The van der Waals surface area contributed by atoms with Crippen molar-refractivity contribution in [2.75, 3.05) is 6.54 Å². The fourth-order valence-corrected chi connectivity index (χ4v) is 0.735. The van der Waals surface area contributed by atoms with Crippen LogP contribution in [-0.4, -0.2) is 18.9 Å². The van der Waals surface area contributed by atoms with Crippen molar-refractivity contribution < 1.29 is 4.79 Å². The average molecular weight is 142 g/mol. The maximum absolute atomic E-state index is 9.98. The Balaban J connectivity index is 2.95. The standard InChI is InChI=1S/C8H16NO/c1-3-4-5-6-9-8(2)7-10/h8-9H,3-6H2,1-2H3/t8-/m0/s1. The van der Waals surface area contributed by atoms with E-state index in [-0.39, 0.29) is 6.04 Å². The van der Waals surface area contributed by atoms with Gasteiger partial charge in [-0.2, -0.15) is 0 Å². The van der Waals surface area contributed by atoms with Crippen molar-refractivity contribution in [2.45, 2.75) is 39.2 Å². The first-order chi connectivity index (χ1) is 4.81. The van der Waals surface area contributed by atoms with Gasteiger partial charge in [0.1, 0.15) is 0 Å². The monoisotopic (exact) mass is 142 g/mol. The van der Waals surface area contributed by atoms with E-state index in [1.165, 1.54) is 12.8 Å². The molecule has 1 atom stereocenters. The van der Waals surface area contributed by atoms with Gasteiger partial charge in [-0.15, -0.1) is 0 Å². The molecule has 0 aromatic carbocycles. The molecule has 1 N–H and O–H groups in total. The number of hydrogen-bond donors (Lipinski definition) is 1. The van der Waals surface area contributed by atoms with E-state index in [9.17, 15) is 4.79 Å². The molecule has 0 spiro atoms. The lowest BCUT2D eigenvalue weighted by Gasteiger charge is -2.04. The summed E-state index contributed by atoms with van der Waals surface area (Å²) in [6.45, 7) is 4.92. The van der Waals surface area contributed by atoms with Gasteiger partial charge >= 0.3 is 0 Å². The average Bonchev–Trinajstić information content (AvgIpc) is 1.98. The van der Waals surface area contributed by atoms with Crippen LogP contribution in [0.4, 0.5) is 0 Å². The highest BCUT2D eigenvalue weighted by molar-refractivity contribution is 5.57. The molecule has 0 amide bonds. The summed E-state index contributed by atoms with van der Waals surface area (Å²) in [5.74, 6) is 0. The Hall–Kier alpha value is -0.370. The Labute approximate surface area is 63.0 Å². The zero-order chi connectivity index (χ0) is 7.82. The molecule has 0 aliphatic rings. The van der Waals surface area contributed by atoms with E-state index in [0.717, 1.165) is 13.0 Å². The number of nitrogens with one attached hydrogen (secondary N) is 1. The van der Waals surface area contributed by atoms with Gasteiger partial charge in [-0.3, -0.25) is 4.79 Å². The van der Waals surface area contributed by atoms with E-state index < -0.39 is 0 Å². The third kappa shape index (κ3) is 5.76. The summed E-state index contributed by atoms with van der Waals surface area (Å²) in [6, 6.07) is -0.100. The van der Waals surface area contributed by atoms with Gasteiger partial charge in [0.15, 0.2) is 0 Å². The highest BCUT2D eigenvalue weighted by Gasteiger charge is 1.96. The Morgan fingerprint density at radius 2 is 2.20 bits per heavy atom. The maximum Gasteiger partial charge on any atom is 0.216 e. The van der Waals surface area contributed by atoms with Gasteiger partial charge in [0.2, 0.25) is 6.29 Å². The molecular formula is C8H16NO. The molecular weight excluding hydrogens is 126 g/mol. The van der Waals surface area contributed by atoms with Crippen LogP contribution in [0.25, 0.3) is 0 Å². The number of rotatable bonds is 6. The molecule has 0 aliphatic heterocycles. The van der Waals surface area contributed by atoms with Gasteiger partial charge in [-0.1, -0.05) is 19.8 Å². The summed E-state index contributed by atoms with van der Waals surface area (Å²) in [5.41, 5.74) is 0. The summed E-state index contributed by atoms with van der Waals surface area (Å²) in [4.78, 5) is 9.98. The Bertz CT molecular complexity index is 83.3. The molecule has 2 heteroatoms. The van der Waals surface area contributed by atoms with E-state index in [2.05, 4.69) is 12.2 Å². The third-order valence-corrected chi connectivity index (χ3v) is 1.41. The van der Waals surface area contributed by atoms with Gasteiger partial charge in [-0.05, 0) is 19.9 Å². The molecule has 2 nitrogen and oxygen atoms in total. The fourth-order valence-electron chi connectivity index (χ4n) is 0.735. The molecule has 1 radical (unpaired) electrons. The predicted molar refractivity (Wildman–Crippen MR) is 42.7 cm³/mol. The van der Waals surface area contributed by atoms with Crippen LogP contribution in [0.3, 0.4) is 0 Å². The molecule has 59 valence electrons. The molecule has 0 rings (SSSR count). The smallest absolute Gasteiger partial charge is 0.216 e. The Kier molecular flexibility index (Phi) is 6.50. The minimum absolute atomic E-state index is 0.100. The van der Waals surface area contributed by atoms with Crippen molar-refractivity contribution in [3.8, 4) is 0 Å². The number of carbonyl (C=O) groups excluding carboxylic acids is 1. The molecule has 0 unspecified atom stereocenters. The van der Waals surface area contributed by atoms with E-state index >= 15 is 0 Å². The minimum Gasteiger partial charge on any atom is -0.307 e. The van der Waals surface area contributed by atoms with Crippen molar-refractivity contribution in [1.29, 1.82) is 0 Å². The first-order valence-corrected chi connectivity index (χ1v) is 3.92. The number of hydrogen-bond acceptors (Lipinski definition) is 2. The molecule has 0 saturated heterocycles. The van der Waals surface area contributed by atoms with Gasteiger partial charge in [0, 0.05) is 0 Å². The van der Waals surface area contributed by atoms with Crippen molar-refractivity contribution in [3.05, 3.63) is 0 Å². The molecule has 0 saturated carbocycles. The normalized spacial score (nSPS) is 13.0. The zero-order valence-electron chi connectivity index (χ0n) is 6.81. The second-order valence-electron chi connectivity index (χ2n) is 2.50. The van der Waals surface area contributed by atoms with E-state index in [1.807, 2.05) is 13.2 Å². The Morgan fingerprint density at radius 3 is 2.70 bits per heavy atom. The molecule has 0 aliphatic carbocycles. The predicted octanol–water partition coefficient (Wildman–Crippen LogP) is 1.26. The summed E-state index contributed by atoms with van der Waals surface area (Å²) < 4.78 is 0. The Morgan fingerprint density at radius 1 is 1.50 bits per heavy atom. The lowest BCUT2D eigenvalue weighted by Crippen LogP contribution is -2.27. The lowest BCUT2D eigenvalue weighted by molar-refractivity contribution is 0.518. The maximum atomic E-state index is 9.98. The summed E-state index contributed by atoms with van der Waals surface area (Å²) in [6.07, 6.45) is 5.49. The van der Waals surface area contributed by atoms with Crippen LogP contribution in [0.1, 0.15) is 33.1 Å². The molecule has 0 aromatic heterocycles. The summed E-state index contributed by atoms with van der Waals surface area (Å²) >= 11 is 0. The van der Waals surface area contributed by atoms with Crippen molar-refractivity contribution in [3.63, 3.8) is 0 Å². The molecule has 0 heterocycles. The zero-order valence-corrected chi connectivity index (χ0v) is 6.81. The largest absolute Gasteiger partial charge is 0.307 e. The second kappa shape index (κ2) is 6.75. The summed E-state index contributed by atoms with van der Waals surface area (Å²) in [5, 5.41) is 3.04. The van der Waals surface area contributed by atoms with Crippen LogP contribution in [0.5, 0.6) is 0 Å². The second-order valence-corrected chi connectivity index (χ2v) is 2.50. The quantitative estimate of drug-likeness (QED) is 0.566. The van der Waals surface area contributed by atoms with Crippen LogP contribution in [0.2, 0.25) is 0 Å². The van der Waals surface area contributed by atoms with E-state index in [1.54, 1.807) is 0 Å². The molecule has 0 aromatic rings. The molecule has 0 bridgehead atoms. The molecule has 10 heavy (non-hydrogen) atoms. The molecule has 0 fully saturated rings. The van der Waals surface area contributed by atoms with Gasteiger partial charge in [-0.25, -0.2) is 0 Å². The van der Waals surface area contributed by atoms with Crippen molar-refractivity contribution >= 4 is 6.29 Å². The van der Waals surface area contributed by atoms with Crippen LogP contribution in [0, 0.1) is 0 Å². The number of unbranched alkanes of at least 4 members (excludes halogenated alkanes) is 2. The van der Waals surface area contributed by atoms with Crippen LogP contribution in [0.15, 0.2) is 0 Å². The highest BCUT2D eigenvalue weighted by Crippen LogP contribution is 1.91. The summed E-state index contributed by atoms with van der Waals surface area (Å²) in [7, 11) is 0. The lowest BCUT2D eigenvalue weighted by atomic mass is 10.2. The van der Waals surface area contributed by atoms with Crippen LogP contribution in [-0.2, 0) is 4.79 Å². The topological polar surface area (TPSA) is 29.1 Å². The van der Waals surface area contributed by atoms with Crippen LogP contribution < -0.4 is 5.32 Å². The fraction of sp³-hybridized carbons (Fsp3) is 0.875. The van der Waals surface area contributed by atoms with Crippen LogP contribution >= 0.6 is 0 Å². The van der Waals surface area contributed by atoms with E-state index in [4.69, 9.17) is 0 Å². The first kappa shape index (κ1) is 9.63. The van der Waals surface area contributed by atoms with E-state index in [0.29, 0.717) is 0 Å². The van der Waals surface area contributed by atoms with Crippen molar-refractivity contribution in [2.24, 2.45) is 0 Å².